The second-order valence-corrected chi connectivity index (χ2v) is 11.5. The number of para-hydroxylation sites is 1. The third-order valence-corrected chi connectivity index (χ3v) is 7.77. The molecule has 38 heavy (non-hydrogen) atoms. The molecule has 210 valence electrons. The minimum atomic E-state index is -4.64. The molecular weight excluding hydrogens is 553 g/mol. The summed E-state index contributed by atoms with van der Waals surface area (Å²) < 4.78 is 80.6. The number of ether oxygens (including phenoxy) is 2. The summed E-state index contributed by atoms with van der Waals surface area (Å²) >= 11 is 6.24. The van der Waals surface area contributed by atoms with Gasteiger partial charge in [-0.1, -0.05) is 25.1 Å². The first kappa shape index (κ1) is 27.0. The first-order valence-corrected chi connectivity index (χ1v) is 13.5. The number of aromatic nitrogens is 2. The van der Waals surface area contributed by atoms with Crippen molar-refractivity contribution < 1.29 is 44.5 Å². The molecule has 2 heterocycles. The molecule has 0 radical (unpaired) electrons. The zero-order chi connectivity index (χ0) is 30.0. The molecule has 0 amide bonds. The molecule has 1 aliphatic rings. The van der Waals surface area contributed by atoms with E-state index in [1.54, 1.807) is 24.9 Å². The fraction of sp³-hybridized carbons (Fsp3) is 0.522. The van der Waals surface area contributed by atoms with Crippen molar-refractivity contribution in [3.05, 3.63) is 63.2 Å². The molecule has 6 atom stereocenters. The van der Waals surface area contributed by atoms with E-state index in [1.807, 2.05) is 0 Å². The quantitative estimate of drug-likeness (QED) is 0.232. The monoisotopic (exact) mass is 582 g/mol. The molecule has 0 saturated carbocycles. The van der Waals surface area contributed by atoms with Crippen molar-refractivity contribution in [2.75, 3.05) is 19.4 Å². The van der Waals surface area contributed by atoms with Crippen LogP contribution in [0.3, 0.4) is 0 Å². The van der Waals surface area contributed by atoms with E-state index in [1.165, 1.54) is 31.2 Å². The molecule has 0 bridgehead atoms. The van der Waals surface area contributed by atoms with Crippen molar-refractivity contribution in [3.63, 3.8) is 0 Å². The number of rotatable bonds is 11. The molecular formula is C23H28ClF2N2O9P. The summed E-state index contributed by atoms with van der Waals surface area (Å²) in [6.45, 7) is -0.336. The van der Waals surface area contributed by atoms with Crippen LogP contribution in [0.25, 0.3) is 0 Å². The summed E-state index contributed by atoms with van der Waals surface area (Å²) in [5.41, 5.74) is -2.68. The number of nitrogens with zero attached hydrogens (tertiary/aromatic N) is 1. The molecule has 1 aromatic heterocycles. The summed E-state index contributed by atoms with van der Waals surface area (Å²) in [6, 6.07) is 7.47. The lowest BCUT2D eigenvalue weighted by Crippen LogP contribution is -2.47. The van der Waals surface area contributed by atoms with E-state index in [4.69, 9.17) is 32.9 Å². The third kappa shape index (κ3) is 6.70. The van der Waals surface area contributed by atoms with Crippen LogP contribution in [-0.2, 0) is 23.4 Å². The van der Waals surface area contributed by atoms with Gasteiger partial charge in [0.05, 0.1) is 33.7 Å². The van der Waals surface area contributed by atoms with Crippen molar-refractivity contribution >= 4 is 25.2 Å². The van der Waals surface area contributed by atoms with Gasteiger partial charge in [0.1, 0.15) is 29.5 Å². The van der Waals surface area contributed by atoms with Crippen molar-refractivity contribution in [2.24, 2.45) is 5.92 Å². The lowest BCUT2D eigenvalue weighted by Gasteiger charge is -2.27. The fourth-order valence-corrected chi connectivity index (χ4v) is 5.50. The molecule has 1 fully saturated rings. The number of H-pyrrole nitrogens is 1. The molecule has 1 saturated heterocycles. The molecule has 15 heteroatoms. The van der Waals surface area contributed by atoms with Gasteiger partial charge in [0, 0.05) is 0 Å². The Bertz CT molecular complexity index is 1380. The minimum Gasteiger partial charge on any atom is -0.463 e. The van der Waals surface area contributed by atoms with E-state index >= 15 is 0 Å². The van der Waals surface area contributed by atoms with E-state index in [9.17, 15) is 32.8 Å². The maximum absolute atomic E-state index is 14.2. The van der Waals surface area contributed by atoms with Gasteiger partial charge in [-0.25, -0.2) is 13.8 Å². The second-order valence-electron chi connectivity index (χ2n) is 8.85. The highest BCUT2D eigenvalue weighted by Gasteiger charge is 2.57. The number of aromatic amines is 1. The maximum Gasteiger partial charge on any atom is 0.380 e. The average molecular weight is 583 g/mol. The third-order valence-electron chi connectivity index (χ3n) is 5.39. The molecule has 3 rings (SSSR count). The normalized spacial score (nSPS) is 26.8. The van der Waals surface area contributed by atoms with Crippen LogP contribution in [0.5, 0.6) is 5.75 Å². The second kappa shape index (κ2) is 12.1. The van der Waals surface area contributed by atoms with Gasteiger partial charge in [-0.3, -0.25) is 23.7 Å². The molecule has 2 aromatic rings. The van der Waals surface area contributed by atoms with Crippen molar-refractivity contribution in [2.45, 2.75) is 50.2 Å². The van der Waals surface area contributed by atoms with Crippen LogP contribution in [-0.4, -0.2) is 63.2 Å². The van der Waals surface area contributed by atoms with Crippen LogP contribution in [0.1, 0.15) is 29.7 Å². The highest BCUT2D eigenvalue weighted by Crippen LogP contribution is 2.51. The molecule has 2 N–H and O–H groups in total. The van der Waals surface area contributed by atoms with Crippen molar-refractivity contribution in [3.8, 4) is 5.75 Å². The molecule has 1 aromatic carbocycles. The van der Waals surface area contributed by atoms with Crippen molar-refractivity contribution in [1.82, 2.24) is 9.55 Å². The van der Waals surface area contributed by atoms with Crippen molar-refractivity contribution in [1.29, 1.82) is 0 Å². The summed E-state index contributed by atoms with van der Waals surface area (Å²) in [5, 5.41) is 10.8. The number of benzene rings is 1. The predicted molar refractivity (Wildman–Crippen MR) is 132 cm³/mol. The van der Waals surface area contributed by atoms with Crippen LogP contribution in [0, 0.1) is 11.7 Å². The van der Waals surface area contributed by atoms with E-state index < -0.39 is 85.4 Å². The van der Waals surface area contributed by atoms with Gasteiger partial charge >= 0.3 is 19.3 Å². The number of carbonyl (C=O) groups excluding carboxylic acids is 1. The Morgan fingerprint density at radius 3 is 2.61 bits per heavy atom. The zero-order valence-electron chi connectivity index (χ0n) is 22.5. The smallest absolute Gasteiger partial charge is 0.380 e. The topological polar surface area (TPSA) is 146 Å². The van der Waals surface area contributed by atoms with Gasteiger partial charge in [0.15, 0.2) is 6.23 Å². The predicted octanol–water partition coefficient (Wildman–Crippen LogP) is 2.76. The Morgan fingerprint density at radius 1 is 1.34 bits per heavy atom. The van der Waals surface area contributed by atoms with Crippen LogP contribution >= 0.6 is 19.2 Å². The Morgan fingerprint density at radius 2 is 2.00 bits per heavy atom. The highest BCUT2D eigenvalue weighted by atomic mass is 35.5. The molecule has 11 nitrogen and oxygen atoms in total. The van der Waals surface area contributed by atoms with E-state index in [0.717, 1.165) is 0 Å². The number of halogens is 3. The van der Waals surface area contributed by atoms with Gasteiger partial charge in [-0.05, 0) is 26.0 Å². The van der Waals surface area contributed by atoms with Gasteiger partial charge in [0.25, 0.3) is 5.56 Å². The van der Waals surface area contributed by atoms with Gasteiger partial charge in [-0.15, -0.1) is 11.6 Å². The highest BCUT2D eigenvalue weighted by molar-refractivity contribution is 7.54. The zero-order valence-corrected chi connectivity index (χ0v) is 22.2. The number of aliphatic hydroxyl groups excluding tert-OH is 1. The summed E-state index contributed by atoms with van der Waals surface area (Å²) in [4.78, 5) is 35.2. The van der Waals surface area contributed by atoms with Crippen LogP contribution in [0.2, 0.25) is 0 Å². The number of carbonyl (C=O) groups is 1. The number of hydrogen-bond acceptors (Lipinski definition) is 9. The molecule has 1 aliphatic heterocycles. The SMILES string of the molecule is [2H]C([2H])(OP(=O)(C[C@@H](C)C(=O)OC(C)C)Oc1ccccc1)[C@H]1O[C@@H](n2cc(F)c(=O)[nH]c2=O)C(Cl)(CF)[C@H]1O. The Balaban J connectivity index is 1.98. The minimum absolute atomic E-state index is 0.0115. The van der Waals surface area contributed by atoms with E-state index in [0.29, 0.717) is 10.8 Å². The first-order chi connectivity index (χ1) is 18.5. The van der Waals surface area contributed by atoms with E-state index in [-0.39, 0.29) is 5.75 Å². The van der Waals surface area contributed by atoms with Crippen LogP contribution in [0.4, 0.5) is 8.78 Å². The summed E-state index contributed by atoms with van der Waals surface area (Å²) in [6.07, 6.45) is -7.37. The lowest BCUT2D eigenvalue weighted by atomic mass is 10.00. The largest absolute Gasteiger partial charge is 0.463 e. The van der Waals surface area contributed by atoms with Gasteiger partial charge in [0.2, 0.25) is 5.82 Å². The Hall–Kier alpha value is -2.57. The lowest BCUT2D eigenvalue weighted by molar-refractivity contribution is -0.151. The average Bonchev–Trinajstić information content (AvgIpc) is 3.12. The number of alkyl halides is 2. The van der Waals surface area contributed by atoms with E-state index in [2.05, 4.69) is 0 Å². The number of hydrogen-bond donors (Lipinski definition) is 2. The van der Waals surface area contributed by atoms with Gasteiger partial charge in [-0.2, -0.15) is 4.39 Å². The Kier molecular flexibility index (Phi) is 8.59. The first-order valence-electron chi connectivity index (χ1n) is 12.4. The van der Waals surface area contributed by atoms with Crippen LogP contribution in [0.15, 0.2) is 46.1 Å². The molecule has 0 spiro atoms. The molecule has 0 aliphatic carbocycles. The van der Waals surface area contributed by atoms with Crippen LogP contribution < -0.4 is 15.8 Å². The summed E-state index contributed by atoms with van der Waals surface area (Å²) in [7, 11) is -4.64. The standard InChI is InChI=1S/C23H28ClF2N2O9P/c1-13(2)35-20(31)14(3)11-38(33,37-15-7-5-4-6-8-15)34-10-17-18(29)23(24,12-25)21(36-17)28-9-16(26)19(30)27-22(28)32/h4-9,13-14,17-18,21,29H,10-12H2,1-3H3,(H,27,30,32)/t14-,17-,18+,21-,23?,38?/m1/s1/i10D2. The maximum atomic E-state index is 14.2. The molecule has 2 unspecified atom stereocenters. The summed E-state index contributed by atoms with van der Waals surface area (Å²) in [5.74, 6) is -3.37. The number of nitrogens with one attached hydrogen (secondary N) is 1. The number of esters is 1. The fourth-order valence-electron chi connectivity index (χ4n) is 3.52. The number of aliphatic hydroxyl groups is 1. The Labute approximate surface area is 224 Å². The van der Waals surface area contributed by atoms with Gasteiger partial charge < -0.3 is 19.1 Å².